The molecule has 130 valence electrons. The predicted molar refractivity (Wildman–Crippen MR) is 94.4 cm³/mol. The minimum Gasteiger partial charge on any atom is -0.359 e. The average molecular weight is 348 g/mol. The number of aromatic nitrogens is 3. The van der Waals surface area contributed by atoms with Crippen molar-refractivity contribution in [2.45, 2.75) is 20.4 Å². The van der Waals surface area contributed by atoms with Gasteiger partial charge in [-0.25, -0.2) is 4.98 Å². The van der Waals surface area contributed by atoms with Crippen LogP contribution in [0.1, 0.15) is 27.5 Å². The summed E-state index contributed by atoms with van der Waals surface area (Å²) in [4.78, 5) is 16.9. The van der Waals surface area contributed by atoms with Crippen molar-refractivity contribution in [3.63, 3.8) is 0 Å². The molecule has 1 N–H and O–H groups in total. The minimum atomic E-state index is -0.246. The summed E-state index contributed by atoms with van der Waals surface area (Å²) in [6.07, 6.45) is 0. The molecule has 4 rings (SSSR count). The number of rotatable bonds is 4. The Morgan fingerprint density at radius 2 is 1.88 bits per heavy atom. The Balaban J connectivity index is 1.53. The summed E-state index contributed by atoms with van der Waals surface area (Å²) >= 11 is 0. The normalized spacial score (nSPS) is 11.0. The molecule has 26 heavy (non-hydrogen) atoms. The first-order valence-corrected chi connectivity index (χ1v) is 8.14. The van der Waals surface area contributed by atoms with Crippen LogP contribution in [0.4, 0.5) is 0 Å². The number of carbonyl (C=O) groups is 1. The van der Waals surface area contributed by atoms with Gasteiger partial charge in [0.1, 0.15) is 5.69 Å². The molecule has 0 aliphatic rings. The Kier molecular flexibility index (Phi) is 3.96. The molecular formula is C19H16N4O3. The number of pyridine rings is 1. The van der Waals surface area contributed by atoms with Gasteiger partial charge in [-0.3, -0.25) is 4.79 Å². The van der Waals surface area contributed by atoms with Crippen LogP contribution in [-0.2, 0) is 6.54 Å². The number of hydrogen-bond acceptors (Lipinski definition) is 6. The smallest absolute Gasteiger partial charge is 0.258 e. The SMILES string of the molecule is Cc1cc(C(=O)NCc2cc(-c3ccccc3)no2)c2c(C)noc2n1. The molecule has 0 unspecified atom stereocenters. The van der Waals surface area contributed by atoms with Crippen LogP contribution in [0.3, 0.4) is 0 Å². The largest absolute Gasteiger partial charge is 0.359 e. The van der Waals surface area contributed by atoms with Gasteiger partial charge in [0.05, 0.1) is 23.2 Å². The molecule has 4 aromatic rings. The lowest BCUT2D eigenvalue weighted by molar-refractivity contribution is 0.0948. The molecular weight excluding hydrogens is 332 g/mol. The van der Waals surface area contributed by atoms with E-state index in [4.69, 9.17) is 9.05 Å². The number of carbonyl (C=O) groups excluding carboxylic acids is 1. The maximum absolute atomic E-state index is 12.6. The standard InChI is InChI=1S/C19H16N4O3/c1-11-8-15(17-12(2)22-26-19(17)21-11)18(24)20-10-14-9-16(23-25-14)13-6-4-3-5-7-13/h3-9H,10H2,1-2H3,(H,20,24). The van der Waals surface area contributed by atoms with Gasteiger partial charge in [-0.05, 0) is 19.9 Å². The molecule has 0 atom stereocenters. The van der Waals surface area contributed by atoms with E-state index in [1.54, 1.807) is 19.9 Å². The van der Waals surface area contributed by atoms with Gasteiger partial charge in [0, 0.05) is 17.3 Å². The van der Waals surface area contributed by atoms with E-state index in [1.807, 2.05) is 36.4 Å². The van der Waals surface area contributed by atoms with E-state index in [-0.39, 0.29) is 12.5 Å². The van der Waals surface area contributed by atoms with Crippen LogP contribution >= 0.6 is 0 Å². The number of hydrogen-bond donors (Lipinski definition) is 1. The highest BCUT2D eigenvalue weighted by atomic mass is 16.5. The second kappa shape index (κ2) is 6.44. The molecule has 7 nitrogen and oxygen atoms in total. The first kappa shape index (κ1) is 16.0. The first-order chi connectivity index (χ1) is 12.6. The zero-order valence-corrected chi connectivity index (χ0v) is 14.3. The van der Waals surface area contributed by atoms with Crippen molar-refractivity contribution in [1.82, 2.24) is 20.6 Å². The maximum atomic E-state index is 12.6. The van der Waals surface area contributed by atoms with Crippen molar-refractivity contribution >= 4 is 17.0 Å². The van der Waals surface area contributed by atoms with Gasteiger partial charge in [0.15, 0.2) is 5.76 Å². The van der Waals surface area contributed by atoms with Crippen molar-refractivity contribution < 1.29 is 13.8 Å². The number of fused-ring (bicyclic) bond motifs is 1. The third-order valence-corrected chi connectivity index (χ3v) is 4.04. The lowest BCUT2D eigenvalue weighted by Crippen LogP contribution is -2.23. The molecule has 0 spiro atoms. The van der Waals surface area contributed by atoms with E-state index < -0.39 is 0 Å². The highest BCUT2D eigenvalue weighted by Gasteiger charge is 2.18. The van der Waals surface area contributed by atoms with Gasteiger partial charge in [-0.2, -0.15) is 0 Å². The van der Waals surface area contributed by atoms with E-state index in [9.17, 15) is 4.79 Å². The number of amides is 1. The highest BCUT2D eigenvalue weighted by molar-refractivity contribution is 6.05. The van der Waals surface area contributed by atoms with Crippen LogP contribution in [0.5, 0.6) is 0 Å². The van der Waals surface area contributed by atoms with E-state index in [2.05, 4.69) is 20.6 Å². The van der Waals surface area contributed by atoms with Gasteiger partial charge in [-0.1, -0.05) is 40.6 Å². The van der Waals surface area contributed by atoms with Crippen molar-refractivity contribution in [2.75, 3.05) is 0 Å². The molecule has 0 saturated heterocycles. The van der Waals surface area contributed by atoms with E-state index in [1.165, 1.54) is 0 Å². The molecule has 0 saturated carbocycles. The zero-order chi connectivity index (χ0) is 18.1. The lowest BCUT2D eigenvalue weighted by atomic mass is 10.1. The van der Waals surface area contributed by atoms with Crippen molar-refractivity contribution in [3.05, 3.63) is 65.2 Å². The fraction of sp³-hybridized carbons (Fsp3) is 0.158. The second-order valence-electron chi connectivity index (χ2n) is 5.99. The Labute approximate surface area is 149 Å². The van der Waals surface area contributed by atoms with E-state index >= 15 is 0 Å². The summed E-state index contributed by atoms with van der Waals surface area (Å²) in [6, 6.07) is 13.2. The topological polar surface area (TPSA) is 94.1 Å². The van der Waals surface area contributed by atoms with E-state index in [0.29, 0.717) is 33.8 Å². The Morgan fingerprint density at radius 1 is 1.08 bits per heavy atom. The van der Waals surface area contributed by atoms with Gasteiger partial charge in [-0.15, -0.1) is 0 Å². The molecule has 0 fully saturated rings. The molecule has 1 aromatic carbocycles. The third kappa shape index (κ3) is 2.95. The first-order valence-electron chi connectivity index (χ1n) is 8.14. The van der Waals surface area contributed by atoms with Crippen LogP contribution in [0, 0.1) is 13.8 Å². The fourth-order valence-corrected chi connectivity index (χ4v) is 2.80. The van der Waals surface area contributed by atoms with Crippen LogP contribution in [0.2, 0.25) is 0 Å². The molecule has 3 heterocycles. The molecule has 3 aromatic heterocycles. The number of nitrogens with zero attached hydrogens (tertiary/aromatic N) is 3. The Hall–Kier alpha value is -3.48. The molecule has 0 aliphatic heterocycles. The highest BCUT2D eigenvalue weighted by Crippen LogP contribution is 2.22. The molecule has 0 aliphatic carbocycles. The number of nitrogens with one attached hydrogen (secondary N) is 1. The zero-order valence-electron chi connectivity index (χ0n) is 14.3. The monoisotopic (exact) mass is 348 g/mol. The quantitative estimate of drug-likeness (QED) is 0.607. The van der Waals surface area contributed by atoms with Crippen LogP contribution in [-0.4, -0.2) is 21.2 Å². The predicted octanol–water partition coefficient (Wildman–Crippen LogP) is 3.42. The fourth-order valence-electron chi connectivity index (χ4n) is 2.80. The van der Waals surface area contributed by atoms with Crippen molar-refractivity contribution in [2.24, 2.45) is 0 Å². The Bertz CT molecular complexity index is 1080. The van der Waals surface area contributed by atoms with Gasteiger partial charge < -0.3 is 14.4 Å². The van der Waals surface area contributed by atoms with Crippen LogP contribution < -0.4 is 5.32 Å². The van der Waals surface area contributed by atoms with Crippen LogP contribution in [0.15, 0.2) is 51.5 Å². The van der Waals surface area contributed by atoms with Gasteiger partial charge in [0.2, 0.25) is 0 Å². The summed E-state index contributed by atoms with van der Waals surface area (Å²) in [6.45, 7) is 3.81. The summed E-state index contributed by atoms with van der Waals surface area (Å²) in [5, 5.41) is 11.4. The van der Waals surface area contributed by atoms with Crippen molar-refractivity contribution in [1.29, 1.82) is 0 Å². The maximum Gasteiger partial charge on any atom is 0.258 e. The number of benzene rings is 1. The van der Waals surface area contributed by atoms with Crippen LogP contribution in [0.25, 0.3) is 22.4 Å². The molecule has 0 bridgehead atoms. The van der Waals surface area contributed by atoms with Gasteiger partial charge >= 0.3 is 0 Å². The minimum absolute atomic E-state index is 0.228. The lowest BCUT2D eigenvalue weighted by Gasteiger charge is -2.05. The van der Waals surface area contributed by atoms with E-state index in [0.717, 1.165) is 11.3 Å². The summed E-state index contributed by atoms with van der Waals surface area (Å²) < 4.78 is 10.5. The van der Waals surface area contributed by atoms with Crippen molar-refractivity contribution in [3.8, 4) is 11.3 Å². The third-order valence-electron chi connectivity index (χ3n) is 4.04. The summed E-state index contributed by atoms with van der Waals surface area (Å²) in [5.41, 5.74) is 3.84. The molecule has 0 radical (unpaired) electrons. The summed E-state index contributed by atoms with van der Waals surface area (Å²) in [5.74, 6) is 0.325. The summed E-state index contributed by atoms with van der Waals surface area (Å²) in [7, 11) is 0. The molecule has 1 amide bonds. The second-order valence-corrected chi connectivity index (χ2v) is 5.99. The number of aryl methyl sites for hydroxylation is 2. The average Bonchev–Trinajstić information content (AvgIpc) is 3.27. The molecule has 7 heteroatoms. The van der Waals surface area contributed by atoms with Gasteiger partial charge in [0.25, 0.3) is 11.6 Å². The Morgan fingerprint density at radius 3 is 2.69 bits per heavy atom.